The highest BCUT2D eigenvalue weighted by molar-refractivity contribution is 5.92. The number of likely N-dealkylation sites (N-methyl/N-ethyl adjacent to an activating group) is 1. The monoisotopic (exact) mass is 295 g/mol. The van der Waals surface area contributed by atoms with Gasteiger partial charge >= 0.3 is 0 Å². The molecule has 0 radical (unpaired) electrons. The maximum atomic E-state index is 12.1. The standard InChI is InChI=1S/C18H17NO3/c1-13-7-8-16(21-13)12-19(2)18(20)10-9-15-11-14-5-3-4-6-17(14)22-15/h3-11H,12H2,1-2H3/b10-9+. The Morgan fingerprint density at radius 3 is 2.73 bits per heavy atom. The third kappa shape index (κ3) is 3.11. The van der Waals surface area contributed by atoms with E-state index >= 15 is 0 Å². The number of benzene rings is 1. The van der Waals surface area contributed by atoms with Crippen molar-refractivity contribution in [3.8, 4) is 0 Å². The van der Waals surface area contributed by atoms with Crippen LogP contribution in [0.25, 0.3) is 17.0 Å². The van der Waals surface area contributed by atoms with Gasteiger partial charge in [-0.2, -0.15) is 0 Å². The molecule has 0 bridgehead atoms. The highest BCUT2D eigenvalue weighted by atomic mass is 16.3. The van der Waals surface area contributed by atoms with Gasteiger partial charge in [0.2, 0.25) is 5.91 Å². The fourth-order valence-electron chi connectivity index (χ4n) is 2.25. The third-order valence-corrected chi connectivity index (χ3v) is 3.40. The lowest BCUT2D eigenvalue weighted by Gasteiger charge is -2.12. The quantitative estimate of drug-likeness (QED) is 0.683. The van der Waals surface area contributed by atoms with Crippen molar-refractivity contribution >= 4 is 23.0 Å². The molecule has 2 aromatic heterocycles. The smallest absolute Gasteiger partial charge is 0.246 e. The van der Waals surface area contributed by atoms with Crippen molar-refractivity contribution in [2.75, 3.05) is 7.05 Å². The molecule has 0 saturated carbocycles. The topological polar surface area (TPSA) is 46.6 Å². The Hall–Kier alpha value is -2.75. The molecule has 0 aliphatic rings. The van der Waals surface area contributed by atoms with E-state index in [0.717, 1.165) is 22.5 Å². The normalized spacial score (nSPS) is 11.4. The van der Waals surface area contributed by atoms with E-state index in [9.17, 15) is 4.79 Å². The minimum absolute atomic E-state index is 0.102. The maximum Gasteiger partial charge on any atom is 0.246 e. The number of aryl methyl sites for hydroxylation is 1. The van der Waals surface area contributed by atoms with Crippen LogP contribution in [0.4, 0.5) is 0 Å². The largest absolute Gasteiger partial charge is 0.464 e. The Balaban J connectivity index is 1.67. The van der Waals surface area contributed by atoms with Crippen molar-refractivity contribution in [2.45, 2.75) is 13.5 Å². The number of amides is 1. The molecule has 112 valence electrons. The second-order valence-electron chi connectivity index (χ2n) is 5.23. The summed E-state index contributed by atoms with van der Waals surface area (Å²) in [5.74, 6) is 2.17. The van der Waals surface area contributed by atoms with E-state index in [4.69, 9.17) is 8.83 Å². The van der Waals surface area contributed by atoms with Crippen LogP contribution in [0.15, 0.2) is 57.4 Å². The van der Waals surface area contributed by atoms with Crippen LogP contribution in [0, 0.1) is 6.92 Å². The van der Waals surface area contributed by atoms with E-state index in [2.05, 4.69) is 0 Å². The zero-order valence-electron chi connectivity index (χ0n) is 12.6. The molecule has 4 heteroatoms. The number of carbonyl (C=O) groups is 1. The first-order valence-electron chi connectivity index (χ1n) is 7.09. The molecule has 1 amide bonds. The van der Waals surface area contributed by atoms with Crippen LogP contribution >= 0.6 is 0 Å². The molecule has 0 atom stereocenters. The molecule has 3 aromatic rings. The van der Waals surface area contributed by atoms with E-state index < -0.39 is 0 Å². The fraction of sp³-hybridized carbons (Fsp3) is 0.167. The van der Waals surface area contributed by atoms with Gasteiger partial charge in [-0.3, -0.25) is 4.79 Å². The molecule has 1 aromatic carbocycles. The second kappa shape index (κ2) is 5.93. The Morgan fingerprint density at radius 1 is 1.18 bits per heavy atom. The Bertz CT molecular complexity index is 793. The zero-order valence-corrected chi connectivity index (χ0v) is 12.6. The van der Waals surface area contributed by atoms with Crippen molar-refractivity contribution in [1.29, 1.82) is 0 Å². The average Bonchev–Trinajstić information content (AvgIpc) is 3.10. The first-order valence-corrected chi connectivity index (χ1v) is 7.09. The number of fused-ring (bicyclic) bond motifs is 1. The lowest BCUT2D eigenvalue weighted by molar-refractivity contribution is -0.125. The minimum atomic E-state index is -0.102. The van der Waals surface area contributed by atoms with Crippen LogP contribution < -0.4 is 0 Å². The summed E-state index contributed by atoms with van der Waals surface area (Å²) < 4.78 is 11.1. The van der Waals surface area contributed by atoms with Gasteiger partial charge in [0.25, 0.3) is 0 Å². The van der Waals surface area contributed by atoms with Crippen LogP contribution in [-0.4, -0.2) is 17.9 Å². The van der Waals surface area contributed by atoms with Gasteiger partial charge in [0, 0.05) is 18.5 Å². The molecule has 0 N–H and O–H groups in total. The summed E-state index contributed by atoms with van der Waals surface area (Å²) in [4.78, 5) is 13.7. The molecule has 0 unspecified atom stereocenters. The molecule has 22 heavy (non-hydrogen) atoms. The lowest BCUT2D eigenvalue weighted by atomic mass is 10.2. The third-order valence-electron chi connectivity index (χ3n) is 3.40. The molecular weight excluding hydrogens is 278 g/mol. The van der Waals surface area contributed by atoms with Crippen molar-refractivity contribution in [3.63, 3.8) is 0 Å². The molecule has 0 fully saturated rings. The summed E-state index contributed by atoms with van der Waals surface area (Å²) in [6, 6.07) is 13.4. The SMILES string of the molecule is Cc1ccc(CN(C)C(=O)/C=C/c2cc3ccccc3o2)o1. The molecule has 0 aliphatic heterocycles. The van der Waals surface area contributed by atoms with E-state index in [1.165, 1.54) is 6.08 Å². The summed E-state index contributed by atoms with van der Waals surface area (Å²) >= 11 is 0. The summed E-state index contributed by atoms with van der Waals surface area (Å²) in [5.41, 5.74) is 0.814. The lowest BCUT2D eigenvalue weighted by Crippen LogP contribution is -2.23. The number of nitrogens with zero attached hydrogens (tertiary/aromatic N) is 1. The van der Waals surface area contributed by atoms with Crippen molar-refractivity contribution in [2.24, 2.45) is 0 Å². The van der Waals surface area contributed by atoms with Gasteiger partial charge in [-0.25, -0.2) is 0 Å². The number of hydrogen-bond donors (Lipinski definition) is 0. The highest BCUT2D eigenvalue weighted by Crippen LogP contribution is 2.19. The Morgan fingerprint density at radius 2 is 2.00 bits per heavy atom. The van der Waals surface area contributed by atoms with Crippen LogP contribution in [0.1, 0.15) is 17.3 Å². The van der Waals surface area contributed by atoms with Crippen LogP contribution in [0.3, 0.4) is 0 Å². The molecule has 0 aliphatic carbocycles. The molecular formula is C18H17NO3. The number of furan rings is 2. The molecule has 4 nitrogen and oxygen atoms in total. The van der Waals surface area contributed by atoms with E-state index in [-0.39, 0.29) is 5.91 Å². The number of para-hydroxylation sites is 1. The summed E-state index contributed by atoms with van der Waals surface area (Å²) in [5, 5.41) is 1.02. The van der Waals surface area contributed by atoms with Crippen LogP contribution in [-0.2, 0) is 11.3 Å². The molecule has 3 rings (SSSR count). The van der Waals surface area contributed by atoms with Gasteiger partial charge in [-0.1, -0.05) is 18.2 Å². The van der Waals surface area contributed by atoms with E-state index in [1.807, 2.05) is 49.4 Å². The van der Waals surface area contributed by atoms with Gasteiger partial charge < -0.3 is 13.7 Å². The van der Waals surface area contributed by atoms with Crippen molar-refractivity contribution in [1.82, 2.24) is 4.90 Å². The maximum absolute atomic E-state index is 12.1. The second-order valence-corrected chi connectivity index (χ2v) is 5.23. The number of hydrogen-bond acceptors (Lipinski definition) is 3. The summed E-state index contributed by atoms with van der Waals surface area (Å²) in [6.07, 6.45) is 3.19. The molecule has 0 spiro atoms. The number of carbonyl (C=O) groups excluding carboxylic acids is 1. The van der Waals surface area contributed by atoms with Crippen LogP contribution in [0.2, 0.25) is 0 Å². The van der Waals surface area contributed by atoms with E-state index in [1.54, 1.807) is 18.0 Å². The van der Waals surface area contributed by atoms with E-state index in [0.29, 0.717) is 12.3 Å². The number of rotatable bonds is 4. The average molecular weight is 295 g/mol. The molecule has 2 heterocycles. The van der Waals surface area contributed by atoms with Gasteiger partial charge in [0.05, 0.1) is 6.54 Å². The van der Waals surface area contributed by atoms with Gasteiger partial charge in [-0.05, 0) is 37.3 Å². The first-order chi connectivity index (χ1) is 10.6. The molecule has 0 saturated heterocycles. The summed E-state index contributed by atoms with van der Waals surface area (Å²) in [7, 11) is 1.74. The zero-order chi connectivity index (χ0) is 15.5. The van der Waals surface area contributed by atoms with Gasteiger partial charge in [0.1, 0.15) is 22.9 Å². The van der Waals surface area contributed by atoms with Crippen LogP contribution in [0.5, 0.6) is 0 Å². The predicted molar refractivity (Wildman–Crippen MR) is 85.2 cm³/mol. The Labute approximate surface area is 128 Å². The predicted octanol–water partition coefficient (Wildman–Crippen LogP) is 4.01. The van der Waals surface area contributed by atoms with Crippen molar-refractivity contribution < 1.29 is 13.6 Å². The van der Waals surface area contributed by atoms with Crippen molar-refractivity contribution in [3.05, 3.63) is 65.8 Å². The minimum Gasteiger partial charge on any atom is -0.464 e. The Kier molecular flexibility index (Phi) is 3.83. The summed E-state index contributed by atoms with van der Waals surface area (Å²) in [6.45, 7) is 2.32. The first kappa shape index (κ1) is 14.2. The van der Waals surface area contributed by atoms with Gasteiger partial charge in [-0.15, -0.1) is 0 Å². The highest BCUT2D eigenvalue weighted by Gasteiger charge is 2.08. The van der Waals surface area contributed by atoms with Gasteiger partial charge in [0.15, 0.2) is 0 Å². The fourth-order valence-corrected chi connectivity index (χ4v) is 2.25.